The molecule has 0 rings (SSSR count). The monoisotopic (exact) mass is 158 g/mol. The van der Waals surface area contributed by atoms with Crippen molar-refractivity contribution in [1.82, 2.24) is 0 Å². The highest BCUT2D eigenvalue weighted by Crippen LogP contribution is 1.95. The Balaban J connectivity index is 3.14. The number of ether oxygens (including phenoxy) is 1. The van der Waals surface area contributed by atoms with Gasteiger partial charge >= 0.3 is 5.97 Å². The molecule has 3 nitrogen and oxygen atoms in total. The molecule has 0 fully saturated rings. The quantitative estimate of drug-likeness (QED) is 0.367. The molecule has 0 aliphatic heterocycles. The maximum atomic E-state index is 10.5. The summed E-state index contributed by atoms with van der Waals surface area (Å²) in [6.45, 7) is 5.31. The van der Waals surface area contributed by atoms with Crippen molar-refractivity contribution < 1.29 is 14.6 Å². The molecule has 0 aliphatic carbocycles. The Morgan fingerprint density at radius 1 is 1.82 bits per heavy atom. The zero-order valence-corrected chi connectivity index (χ0v) is 6.75. The summed E-state index contributed by atoms with van der Waals surface area (Å²) in [4.78, 5) is 10.5. The molecule has 0 spiro atoms. The number of esters is 1. The summed E-state index contributed by atoms with van der Waals surface area (Å²) in [6, 6.07) is 0. The van der Waals surface area contributed by atoms with Crippen molar-refractivity contribution >= 4 is 5.97 Å². The maximum absolute atomic E-state index is 10.5. The molecule has 0 saturated carbocycles. The molecule has 3 heteroatoms. The first kappa shape index (κ1) is 10.2. The lowest BCUT2D eigenvalue weighted by Crippen LogP contribution is -2.05. The highest BCUT2D eigenvalue weighted by Gasteiger charge is 1.97. The fourth-order valence-corrected chi connectivity index (χ4v) is 0.610. The largest absolute Gasteiger partial charge is 0.463 e. The van der Waals surface area contributed by atoms with Crippen LogP contribution < -0.4 is 0 Å². The van der Waals surface area contributed by atoms with Crippen LogP contribution in [0.4, 0.5) is 0 Å². The molecule has 1 atom stereocenters. The second-order valence-corrected chi connectivity index (χ2v) is 2.36. The molecule has 0 aromatic carbocycles. The lowest BCUT2D eigenvalue weighted by Gasteiger charge is -2.03. The number of hydrogen-bond donors (Lipinski definition) is 1. The lowest BCUT2D eigenvalue weighted by molar-refractivity contribution is -0.137. The van der Waals surface area contributed by atoms with Crippen molar-refractivity contribution in [1.29, 1.82) is 0 Å². The van der Waals surface area contributed by atoms with Gasteiger partial charge in [0.2, 0.25) is 0 Å². The first-order valence-corrected chi connectivity index (χ1v) is 3.64. The lowest BCUT2D eigenvalue weighted by atomic mass is 10.2. The summed E-state index contributed by atoms with van der Waals surface area (Å²) >= 11 is 0. The van der Waals surface area contributed by atoms with E-state index in [0.29, 0.717) is 19.4 Å². The fourth-order valence-electron chi connectivity index (χ4n) is 0.610. The molecule has 64 valence electrons. The Kier molecular flexibility index (Phi) is 5.47. The molecule has 1 unspecified atom stereocenters. The van der Waals surface area contributed by atoms with E-state index in [9.17, 15) is 4.79 Å². The number of rotatable bonds is 5. The van der Waals surface area contributed by atoms with Crippen LogP contribution in [-0.4, -0.2) is 23.8 Å². The topological polar surface area (TPSA) is 46.5 Å². The normalized spacial score (nSPS) is 12.2. The van der Waals surface area contributed by atoms with Gasteiger partial charge < -0.3 is 9.84 Å². The van der Waals surface area contributed by atoms with Crippen LogP contribution in [-0.2, 0) is 9.53 Å². The van der Waals surface area contributed by atoms with E-state index in [-0.39, 0.29) is 6.10 Å². The van der Waals surface area contributed by atoms with Gasteiger partial charge in [0, 0.05) is 6.08 Å². The number of carbonyl (C=O) groups is 1. The molecule has 0 saturated heterocycles. The van der Waals surface area contributed by atoms with Gasteiger partial charge in [0.05, 0.1) is 12.7 Å². The zero-order chi connectivity index (χ0) is 8.69. The van der Waals surface area contributed by atoms with Gasteiger partial charge in [-0.3, -0.25) is 0 Å². The third-order valence-corrected chi connectivity index (χ3v) is 1.18. The van der Waals surface area contributed by atoms with E-state index in [4.69, 9.17) is 5.11 Å². The molecule has 0 aromatic heterocycles. The van der Waals surface area contributed by atoms with Gasteiger partial charge in [-0.2, -0.15) is 0 Å². The zero-order valence-electron chi connectivity index (χ0n) is 6.75. The Morgan fingerprint density at radius 2 is 2.45 bits per heavy atom. The average Bonchev–Trinajstić information content (AvgIpc) is 1.97. The summed E-state index contributed by atoms with van der Waals surface area (Å²) in [5.41, 5.74) is 0. The van der Waals surface area contributed by atoms with E-state index < -0.39 is 5.97 Å². The van der Waals surface area contributed by atoms with E-state index in [1.165, 1.54) is 0 Å². The third kappa shape index (κ3) is 7.06. The molecule has 11 heavy (non-hydrogen) atoms. The number of aliphatic hydroxyl groups is 1. The van der Waals surface area contributed by atoms with E-state index in [1.807, 2.05) is 0 Å². The van der Waals surface area contributed by atoms with Crippen LogP contribution >= 0.6 is 0 Å². The van der Waals surface area contributed by atoms with E-state index in [2.05, 4.69) is 11.3 Å². The standard InChI is InChI=1S/C8H14O3/c1-3-8(10)11-6-4-5-7(2)9/h3,7,9H,1,4-6H2,2H3. The van der Waals surface area contributed by atoms with Crippen LogP contribution in [0.25, 0.3) is 0 Å². The minimum absolute atomic E-state index is 0.322. The van der Waals surface area contributed by atoms with Crippen molar-refractivity contribution in [2.75, 3.05) is 6.61 Å². The molecular weight excluding hydrogens is 144 g/mol. The Labute approximate surface area is 66.7 Å². The summed E-state index contributed by atoms with van der Waals surface area (Å²) in [6.07, 6.45) is 2.15. The van der Waals surface area contributed by atoms with E-state index >= 15 is 0 Å². The Bertz CT molecular complexity index is 129. The first-order chi connectivity index (χ1) is 5.16. The highest BCUT2D eigenvalue weighted by atomic mass is 16.5. The smallest absolute Gasteiger partial charge is 0.330 e. The van der Waals surface area contributed by atoms with E-state index in [1.54, 1.807) is 6.92 Å². The number of carbonyl (C=O) groups excluding carboxylic acids is 1. The van der Waals surface area contributed by atoms with Crippen molar-refractivity contribution in [3.63, 3.8) is 0 Å². The third-order valence-electron chi connectivity index (χ3n) is 1.18. The summed E-state index contributed by atoms with van der Waals surface area (Å²) in [7, 11) is 0. The Morgan fingerprint density at radius 3 is 2.91 bits per heavy atom. The SMILES string of the molecule is C=CC(=O)OCCCC(C)O. The molecule has 0 bridgehead atoms. The summed E-state index contributed by atoms with van der Waals surface area (Å²) in [5, 5.41) is 8.81. The summed E-state index contributed by atoms with van der Waals surface area (Å²) in [5.74, 6) is -0.407. The van der Waals surface area contributed by atoms with Gasteiger partial charge in [0.25, 0.3) is 0 Å². The van der Waals surface area contributed by atoms with Crippen LogP contribution in [0.5, 0.6) is 0 Å². The van der Waals surface area contributed by atoms with Crippen molar-refractivity contribution in [3.8, 4) is 0 Å². The Hall–Kier alpha value is -0.830. The van der Waals surface area contributed by atoms with Crippen molar-refractivity contribution in [2.24, 2.45) is 0 Å². The fraction of sp³-hybridized carbons (Fsp3) is 0.625. The maximum Gasteiger partial charge on any atom is 0.330 e. The van der Waals surface area contributed by atoms with E-state index in [0.717, 1.165) is 6.08 Å². The molecule has 0 heterocycles. The summed E-state index contributed by atoms with van der Waals surface area (Å²) < 4.78 is 4.67. The van der Waals surface area contributed by atoms with Gasteiger partial charge in [-0.25, -0.2) is 4.79 Å². The number of hydrogen-bond acceptors (Lipinski definition) is 3. The van der Waals surface area contributed by atoms with Crippen LogP contribution in [0.15, 0.2) is 12.7 Å². The molecule has 0 aromatic rings. The average molecular weight is 158 g/mol. The minimum Gasteiger partial charge on any atom is -0.463 e. The first-order valence-electron chi connectivity index (χ1n) is 3.64. The van der Waals surface area contributed by atoms with Crippen LogP contribution in [0.3, 0.4) is 0 Å². The van der Waals surface area contributed by atoms with Crippen molar-refractivity contribution in [3.05, 3.63) is 12.7 Å². The van der Waals surface area contributed by atoms with Gasteiger partial charge in [-0.15, -0.1) is 0 Å². The molecule has 0 amide bonds. The van der Waals surface area contributed by atoms with Crippen molar-refractivity contribution in [2.45, 2.75) is 25.9 Å². The predicted octanol–water partition coefficient (Wildman–Crippen LogP) is 0.877. The molecule has 0 aliphatic rings. The van der Waals surface area contributed by atoms with Gasteiger partial charge in [-0.05, 0) is 19.8 Å². The molecule has 1 N–H and O–H groups in total. The van der Waals surface area contributed by atoms with Gasteiger partial charge in [0.15, 0.2) is 0 Å². The second-order valence-electron chi connectivity index (χ2n) is 2.36. The van der Waals surface area contributed by atoms with Gasteiger partial charge in [0.1, 0.15) is 0 Å². The molecule has 0 radical (unpaired) electrons. The van der Waals surface area contributed by atoms with Crippen LogP contribution in [0, 0.1) is 0 Å². The van der Waals surface area contributed by atoms with Gasteiger partial charge in [-0.1, -0.05) is 6.58 Å². The van der Waals surface area contributed by atoms with Crippen LogP contribution in [0.1, 0.15) is 19.8 Å². The second kappa shape index (κ2) is 5.92. The number of aliphatic hydroxyl groups excluding tert-OH is 1. The highest BCUT2D eigenvalue weighted by molar-refractivity contribution is 5.81. The minimum atomic E-state index is -0.407. The van der Waals surface area contributed by atoms with Crippen LogP contribution in [0.2, 0.25) is 0 Å². The molecular formula is C8H14O3. The predicted molar refractivity (Wildman–Crippen MR) is 42.1 cm³/mol.